The molecule has 0 spiro atoms. The topological polar surface area (TPSA) is 61.4 Å². The number of rotatable bonds is 4. The highest BCUT2D eigenvalue weighted by molar-refractivity contribution is 5.81. The van der Waals surface area contributed by atoms with Crippen LogP contribution < -0.4 is 10.2 Å². The lowest BCUT2D eigenvalue weighted by Gasteiger charge is -2.35. The molecule has 1 aromatic heterocycles. The molecule has 1 amide bonds. The Morgan fingerprint density at radius 3 is 2.44 bits per heavy atom. The van der Waals surface area contributed by atoms with Crippen molar-refractivity contribution in [3.63, 3.8) is 0 Å². The minimum atomic E-state index is 0.319. The molecule has 0 aromatic carbocycles. The van der Waals surface area contributed by atoms with Crippen LogP contribution in [-0.2, 0) is 4.79 Å². The summed E-state index contributed by atoms with van der Waals surface area (Å²) >= 11 is 0. The smallest absolute Gasteiger partial charge is 0.225 e. The van der Waals surface area contributed by atoms with Gasteiger partial charge in [0, 0.05) is 49.9 Å². The van der Waals surface area contributed by atoms with E-state index in [0.29, 0.717) is 17.9 Å². The Morgan fingerprint density at radius 1 is 1.04 bits per heavy atom. The van der Waals surface area contributed by atoms with Crippen molar-refractivity contribution >= 4 is 17.7 Å². The Morgan fingerprint density at radius 2 is 1.76 bits per heavy atom. The maximum atomic E-state index is 12.2. The number of hydrogen-bond acceptors (Lipinski definition) is 5. The van der Waals surface area contributed by atoms with Crippen LogP contribution in [0.4, 0.5) is 11.8 Å². The summed E-state index contributed by atoms with van der Waals surface area (Å²) in [5.74, 6) is 2.43. The number of aromatic nitrogens is 2. The second kappa shape index (κ2) is 7.18. The number of amides is 1. The van der Waals surface area contributed by atoms with Gasteiger partial charge in [-0.3, -0.25) is 4.79 Å². The molecular formula is C19H29N5O. The van der Waals surface area contributed by atoms with E-state index in [9.17, 15) is 4.79 Å². The van der Waals surface area contributed by atoms with E-state index in [1.807, 2.05) is 11.8 Å². The molecule has 1 N–H and O–H groups in total. The molecule has 3 fully saturated rings. The van der Waals surface area contributed by atoms with Crippen LogP contribution >= 0.6 is 0 Å². The first-order valence-corrected chi connectivity index (χ1v) is 9.85. The molecule has 2 aliphatic carbocycles. The maximum Gasteiger partial charge on any atom is 0.225 e. The van der Waals surface area contributed by atoms with Gasteiger partial charge < -0.3 is 15.1 Å². The lowest BCUT2D eigenvalue weighted by atomic mass is 9.96. The summed E-state index contributed by atoms with van der Waals surface area (Å²) in [7, 11) is 0. The number of nitrogens with zero attached hydrogens (tertiary/aromatic N) is 4. The van der Waals surface area contributed by atoms with E-state index in [2.05, 4.69) is 21.3 Å². The molecule has 2 heterocycles. The van der Waals surface area contributed by atoms with Crippen molar-refractivity contribution in [2.75, 3.05) is 36.4 Å². The van der Waals surface area contributed by atoms with Gasteiger partial charge in [-0.2, -0.15) is 4.98 Å². The van der Waals surface area contributed by atoms with Gasteiger partial charge in [-0.1, -0.05) is 19.3 Å². The maximum absolute atomic E-state index is 12.2. The summed E-state index contributed by atoms with van der Waals surface area (Å²) in [6.07, 6.45) is 8.55. The van der Waals surface area contributed by atoms with Crippen molar-refractivity contribution in [3.05, 3.63) is 11.8 Å². The Bertz CT molecular complexity index is 616. The molecular weight excluding hydrogens is 314 g/mol. The van der Waals surface area contributed by atoms with E-state index in [1.165, 1.54) is 32.1 Å². The summed E-state index contributed by atoms with van der Waals surface area (Å²) in [4.78, 5) is 25.9. The van der Waals surface area contributed by atoms with Crippen LogP contribution in [0.15, 0.2) is 6.07 Å². The number of nitrogens with one attached hydrogen (secondary N) is 1. The van der Waals surface area contributed by atoms with Crippen LogP contribution in [0.25, 0.3) is 0 Å². The zero-order chi connectivity index (χ0) is 17.2. The largest absolute Gasteiger partial charge is 0.353 e. The van der Waals surface area contributed by atoms with E-state index >= 15 is 0 Å². The second-order valence-electron chi connectivity index (χ2n) is 7.76. The minimum absolute atomic E-state index is 0.319. The van der Waals surface area contributed by atoms with Crippen LogP contribution in [0.2, 0.25) is 0 Å². The van der Waals surface area contributed by atoms with Crippen molar-refractivity contribution in [2.45, 2.75) is 57.9 Å². The summed E-state index contributed by atoms with van der Waals surface area (Å²) < 4.78 is 0. The van der Waals surface area contributed by atoms with Crippen molar-refractivity contribution in [3.8, 4) is 0 Å². The first kappa shape index (κ1) is 16.6. The summed E-state index contributed by atoms with van der Waals surface area (Å²) in [5.41, 5.74) is 1.000. The number of hydrogen-bond donors (Lipinski definition) is 1. The van der Waals surface area contributed by atoms with Crippen LogP contribution in [-0.4, -0.2) is 53.0 Å². The van der Waals surface area contributed by atoms with Gasteiger partial charge in [0.05, 0.1) is 0 Å². The summed E-state index contributed by atoms with van der Waals surface area (Å²) in [6, 6.07) is 2.57. The Kier molecular flexibility index (Phi) is 4.77. The van der Waals surface area contributed by atoms with E-state index in [4.69, 9.17) is 4.98 Å². The monoisotopic (exact) mass is 343 g/mol. The molecule has 3 aliphatic rings. The van der Waals surface area contributed by atoms with Gasteiger partial charge in [0.15, 0.2) is 0 Å². The highest BCUT2D eigenvalue weighted by Crippen LogP contribution is 2.31. The number of carbonyl (C=O) groups is 1. The molecule has 25 heavy (non-hydrogen) atoms. The molecule has 0 radical (unpaired) electrons. The Hall–Kier alpha value is -1.85. The fourth-order valence-corrected chi connectivity index (χ4v) is 3.95. The normalized spacial score (nSPS) is 22.1. The molecule has 0 atom stereocenters. The van der Waals surface area contributed by atoms with Gasteiger partial charge in [0.2, 0.25) is 11.9 Å². The highest BCUT2D eigenvalue weighted by atomic mass is 16.2. The summed E-state index contributed by atoms with van der Waals surface area (Å²) in [6.45, 7) is 5.37. The molecule has 136 valence electrons. The lowest BCUT2D eigenvalue weighted by molar-refractivity contribution is -0.132. The highest BCUT2D eigenvalue weighted by Gasteiger charge is 2.34. The van der Waals surface area contributed by atoms with Crippen molar-refractivity contribution in [2.24, 2.45) is 5.92 Å². The fourth-order valence-electron chi connectivity index (χ4n) is 3.95. The van der Waals surface area contributed by atoms with E-state index in [1.54, 1.807) is 0 Å². The number of aryl methyl sites for hydroxylation is 1. The number of piperazine rings is 1. The molecule has 6 nitrogen and oxygen atoms in total. The van der Waals surface area contributed by atoms with Crippen LogP contribution in [0.1, 0.15) is 50.6 Å². The van der Waals surface area contributed by atoms with Gasteiger partial charge in [-0.15, -0.1) is 0 Å². The third-order valence-electron chi connectivity index (χ3n) is 5.62. The first-order chi connectivity index (χ1) is 12.2. The van der Waals surface area contributed by atoms with Gasteiger partial charge >= 0.3 is 0 Å². The van der Waals surface area contributed by atoms with Crippen LogP contribution in [0, 0.1) is 12.8 Å². The Labute approximate surface area is 150 Å². The van der Waals surface area contributed by atoms with Crippen molar-refractivity contribution in [1.29, 1.82) is 0 Å². The molecule has 0 bridgehead atoms. The lowest BCUT2D eigenvalue weighted by Crippen LogP contribution is -2.49. The minimum Gasteiger partial charge on any atom is -0.353 e. The van der Waals surface area contributed by atoms with Crippen molar-refractivity contribution in [1.82, 2.24) is 14.9 Å². The summed E-state index contributed by atoms with van der Waals surface area (Å²) in [5, 5.41) is 3.54. The van der Waals surface area contributed by atoms with E-state index in [-0.39, 0.29) is 0 Å². The van der Waals surface area contributed by atoms with Gasteiger partial charge in [-0.25, -0.2) is 4.98 Å². The number of carbonyl (C=O) groups excluding carboxylic acids is 1. The zero-order valence-electron chi connectivity index (χ0n) is 15.2. The average molecular weight is 343 g/mol. The van der Waals surface area contributed by atoms with Crippen molar-refractivity contribution < 1.29 is 4.79 Å². The predicted molar refractivity (Wildman–Crippen MR) is 98.8 cm³/mol. The standard InChI is InChI=1S/C19H29N5O/c1-14-13-17(22-19(20-14)21-16-5-3-2-4-6-16)23-9-11-24(12-10-23)18(25)15-7-8-15/h13,15-16H,2-12H2,1H3,(H,20,21,22). The zero-order valence-corrected chi connectivity index (χ0v) is 15.2. The molecule has 0 unspecified atom stereocenters. The molecule has 6 heteroatoms. The van der Waals surface area contributed by atoms with E-state index < -0.39 is 0 Å². The van der Waals surface area contributed by atoms with Crippen LogP contribution in [0.5, 0.6) is 0 Å². The fraction of sp³-hybridized carbons (Fsp3) is 0.737. The third kappa shape index (κ3) is 4.05. The average Bonchev–Trinajstić information content (AvgIpc) is 3.47. The van der Waals surface area contributed by atoms with Crippen LogP contribution in [0.3, 0.4) is 0 Å². The SMILES string of the molecule is Cc1cc(N2CCN(C(=O)C3CC3)CC2)nc(NC2CCCCC2)n1. The predicted octanol–water partition coefficient (Wildman–Crippen LogP) is 2.59. The molecule has 4 rings (SSSR count). The van der Waals surface area contributed by atoms with Gasteiger partial charge in [-0.05, 0) is 32.6 Å². The Balaban J connectivity index is 1.39. The number of anilines is 2. The molecule has 1 aliphatic heterocycles. The first-order valence-electron chi connectivity index (χ1n) is 9.85. The molecule has 1 saturated heterocycles. The quantitative estimate of drug-likeness (QED) is 0.910. The van der Waals surface area contributed by atoms with Gasteiger partial charge in [0.1, 0.15) is 5.82 Å². The van der Waals surface area contributed by atoms with Gasteiger partial charge in [0.25, 0.3) is 0 Å². The molecule has 2 saturated carbocycles. The third-order valence-corrected chi connectivity index (χ3v) is 5.62. The van der Waals surface area contributed by atoms with E-state index in [0.717, 1.165) is 56.5 Å². The molecule has 1 aromatic rings. The second-order valence-corrected chi connectivity index (χ2v) is 7.76.